The van der Waals surface area contributed by atoms with Crippen LogP contribution in [0.25, 0.3) is 0 Å². The average Bonchev–Trinajstić information content (AvgIpc) is 2.97. The molecule has 4 aromatic rings. The molecular formula is C30H29BrN6S3. The monoisotopic (exact) mass is 648 g/mol. The van der Waals surface area contributed by atoms with Crippen LogP contribution in [0.4, 0.5) is 17.1 Å². The molecule has 0 heterocycles. The predicted octanol–water partition coefficient (Wildman–Crippen LogP) is 8.09. The van der Waals surface area contributed by atoms with E-state index in [1.165, 1.54) is 35.3 Å². The zero-order valence-corrected chi connectivity index (χ0v) is 25.6. The number of nitrogens with two attached hydrogens (primary N) is 3. The van der Waals surface area contributed by atoms with Crippen LogP contribution in [0.1, 0.15) is 16.7 Å². The molecule has 0 unspecified atom stereocenters. The van der Waals surface area contributed by atoms with Gasteiger partial charge in [0.15, 0.2) is 15.5 Å². The van der Waals surface area contributed by atoms with E-state index in [9.17, 15) is 0 Å². The number of hydrogen-bond acceptors (Lipinski definition) is 6. The van der Waals surface area contributed by atoms with Gasteiger partial charge >= 0.3 is 0 Å². The Morgan fingerprint density at radius 2 is 0.850 bits per heavy atom. The lowest BCUT2D eigenvalue weighted by Crippen LogP contribution is -2.08. The summed E-state index contributed by atoms with van der Waals surface area (Å²) < 4.78 is 1.02. The van der Waals surface area contributed by atoms with Crippen LogP contribution in [0.2, 0.25) is 0 Å². The van der Waals surface area contributed by atoms with E-state index in [1.54, 1.807) is 0 Å². The topological polar surface area (TPSA) is 115 Å². The van der Waals surface area contributed by atoms with Crippen LogP contribution in [0.15, 0.2) is 123 Å². The van der Waals surface area contributed by atoms with Crippen LogP contribution in [-0.2, 0) is 17.3 Å². The highest BCUT2D eigenvalue weighted by Crippen LogP contribution is 2.32. The molecule has 0 aliphatic heterocycles. The molecule has 40 heavy (non-hydrogen) atoms. The summed E-state index contributed by atoms with van der Waals surface area (Å²) in [6.45, 7) is 0. The molecule has 0 saturated heterocycles. The molecule has 4 rings (SSSR count). The first-order valence-corrected chi connectivity index (χ1v) is 16.1. The summed E-state index contributed by atoms with van der Waals surface area (Å²) in [5.74, 6) is 1.98. The summed E-state index contributed by atoms with van der Waals surface area (Å²) >= 11 is 8.32. The molecule has 0 aromatic heterocycles. The molecule has 204 valence electrons. The van der Waals surface area contributed by atoms with Crippen molar-refractivity contribution in [2.75, 3.05) is 0 Å². The van der Waals surface area contributed by atoms with Crippen molar-refractivity contribution in [3.05, 3.63) is 124 Å². The second-order valence-corrected chi connectivity index (χ2v) is 12.2. The number of halogens is 1. The second kappa shape index (κ2) is 15.6. The van der Waals surface area contributed by atoms with Crippen LogP contribution >= 0.6 is 51.2 Å². The molecule has 0 radical (unpaired) electrons. The Balaban J connectivity index is 1.51. The van der Waals surface area contributed by atoms with Crippen LogP contribution in [0.5, 0.6) is 0 Å². The molecule has 0 bridgehead atoms. The van der Waals surface area contributed by atoms with Crippen molar-refractivity contribution in [1.29, 1.82) is 0 Å². The van der Waals surface area contributed by atoms with Gasteiger partial charge in [-0.3, -0.25) is 0 Å². The Morgan fingerprint density at radius 3 is 1.20 bits per heavy atom. The lowest BCUT2D eigenvalue weighted by molar-refractivity contribution is 1.24. The molecule has 0 fully saturated rings. The van der Waals surface area contributed by atoms with Gasteiger partial charge in [0.2, 0.25) is 0 Å². The fraction of sp³-hybridized carbons (Fsp3) is 0.100. The maximum atomic E-state index is 6.25. The van der Waals surface area contributed by atoms with Crippen molar-refractivity contribution < 1.29 is 0 Å². The van der Waals surface area contributed by atoms with Gasteiger partial charge < -0.3 is 17.2 Å². The second-order valence-electron chi connectivity index (χ2n) is 8.45. The van der Waals surface area contributed by atoms with E-state index < -0.39 is 0 Å². The van der Waals surface area contributed by atoms with Crippen molar-refractivity contribution in [3.63, 3.8) is 0 Å². The summed E-state index contributed by atoms with van der Waals surface area (Å²) in [6, 6.07) is 33.4. The first-order chi connectivity index (χ1) is 19.5. The van der Waals surface area contributed by atoms with E-state index in [0.717, 1.165) is 38.2 Å². The minimum atomic E-state index is 0.507. The average molecular weight is 650 g/mol. The summed E-state index contributed by atoms with van der Waals surface area (Å²) in [6.07, 6.45) is 0. The number of rotatable bonds is 9. The number of hydrogen-bond donors (Lipinski definition) is 3. The molecule has 0 aliphatic carbocycles. The lowest BCUT2D eigenvalue weighted by Gasteiger charge is -2.13. The summed E-state index contributed by atoms with van der Waals surface area (Å²) in [5, 5.41) is 1.53. The van der Waals surface area contributed by atoms with Crippen molar-refractivity contribution in [2.45, 2.75) is 17.3 Å². The summed E-state index contributed by atoms with van der Waals surface area (Å²) in [7, 11) is 0. The van der Waals surface area contributed by atoms with Crippen molar-refractivity contribution in [1.82, 2.24) is 0 Å². The third-order valence-corrected chi connectivity index (χ3v) is 8.98. The molecule has 6 nitrogen and oxygen atoms in total. The Bertz CT molecular complexity index is 1400. The SMILES string of the molecule is NC(=Nc1ccccc1)SCc1cc(CSC(N)=Nc2ccccc2)c(Br)c(CSC(N)=Nc2ccccc2)c1. The quantitative estimate of drug-likeness (QED) is 0.125. The summed E-state index contributed by atoms with van der Waals surface area (Å²) in [5.41, 5.74) is 24.6. The molecule has 10 heteroatoms. The minimum Gasteiger partial charge on any atom is -0.378 e. The van der Waals surface area contributed by atoms with Crippen LogP contribution < -0.4 is 17.2 Å². The standard InChI is InChI=1S/C30H29BrN6S3/c31-27-22(19-39-29(33)36-25-12-6-2-7-13-25)16-21(18-38-28(32)35-24-10-4-1-5-11-24)17-23(27)20-40-30(34)37-26-14-8-3-9-15-26/h1-17H,18-20H2,(H2,32,35)(H2,33,36)(H2,34,37). The first-order valence-electron chi connectivity index (χ1n) is 12.3. The van der Waals surface area contributed by atoms with Gasteiger partial charge in [0, 0.05) is 21.7 Å². The van der Waals surface area contributed by atoms with Crippen LogP contribution in [0.3, 0.4) is 0 Å². The van der Waals surface area contributed by atoms with Gasteiger partial charge in [-0.1, -0.05) is 118 Å². The van der Waals surface area contributed by atoms with Crippen LogP contribution in [0, 0.1) is 0 Å². The lowest BCUT2D eigenvalue weighted by atomic mass is 10.1. The van der Waals surface area contributed by atoms with Crippen molar-refractivity contribution in [3.8, 4) is 0 Å². The van der Waals surface area contributed by atoms with E-state index in [-0.39, 0.29) is 0 Å². The summed E-state index contributed by atoms with van der Waals surface area (Å²) in [4.78, 5) is 13.5. The largest absolute Gasteiger partial charge is 0.378 e. The maximum absolute atomic E-state index is 6.25. The van der Waals surface area contributed by atoms with Gasteiger partial charge in [0.05, 0.1) is 17.1 Å². The molecule has 0 atom stereocenters. The van der Waals surface area contributed by atoms with Crippen molar-refractivity contribution >= 4 is 83.8 Å². The maximum Gasteiger partial charge on any atom is 0.159 e. The Hall–Kier alpha value is -3.18. The normalized spacial score (nSPS) is 12.5. The van der Waals surface area contributed by atoms with Gasteiger partial charge in [0.25, 0.3) is 0 Å². The zero-order chi connectivity index (χ0) is 28.2. The van der Waals surface area contributed by atoms with E-state index >= 15 is 0 Å². The van der Waals surface area contributed by atoms with Crippen molar-refractivity contribution in [2.24, 2.45) is 32.2 Å². The number of benzene rings is 4. The fourth-order valence-corrected chi connectivity index (χ4v) is 6.50. The van der Waals surface area contributed by atoms with Gasteiger partial charge in [-0.25, -0.2) is 15.0 Å². The van der Waals surface area contributed by atoms with E-state index in [4.69, 9.17) is 17.2 Å². The Morgan fingerprint density at radius 1 is 0.525 bits per heavy atom. The highest BCUT2D eigenvalue weighted by molar-refractivity contribution is 9.10. The Kier molecular flexibility index (Phi) is 11.6. The number of amidine groups is 3. The van der Waals surface area contributed by atoms with Gasteiger partial charge in [0.1, 0.15) is 0 Å². The number of nitrogens with zero attached hydrogens (tertiary/aromatic N) is 3. The fourth-order valence-electron chi connectivity index (χ4n) is 3.56. The number of para-hydroxylation sites is 3. The smallest absolute Gasteiger partial charge is 0.159 e. The molecule has 0 amide bonds. The molecule has 0 spiro atoms. The molecular weight excluding hydrogens is 620 g/mol. The minimum absolute atomic E-state index is 0.507. The van der Waals surface area contributed by atoms with Gasteiger partial charge in [-0.05, 0) is 53.1 Å². The molecule has 0 saturated carbocycles. The molecule has 4 aromatic carbocycles. The highest BCUT2D eigenvalue weighted by atomic mass is 79.9. The predicted molar refractivity (Wildman–Crippen MR) is 181 cm³/mol. The Labute approximate surface area is 256 Å². The third-order valence-electron chi connectivity index (χ3n) is 5.41. The van der Waals surface area contributed by atoms with E-state index in [0.29, 0.717) is 32.8 Å². The van der Waals surface area contributed by atoms with Crippen LogP contribution in [-0.4, -0.2) is 15.5 Å². The highest BCUT2D eigenvalue weighted by Gasteiger charge is 2.12. The van der Waals surface area contributed by atoms with Gasteiger partial charge in [-0.2, -0.15) is 0 Å². The molecule has 0 aliphatic rings. The molecule has 6 N–H and O–H groups in total. The van der Waals surface area contributed by atoms with Gasteiger partial charge in [-0.15, -0.1) is 0 Å². The number of aliphatic imine (C=N–C) groups is 3. The van der Waals surface area contributed by atoms with E-state index in [2.05, 4.69) is 43.0 Å². The number of thioether (sulfide) groups is 3. The first kappa shape index (κ1) is 29.8. The zero-order valence-electron chi connectivity index (χ0n) is 21.6. The van der Waals surface area contributed by atoms with E-state index in [1.807, 2.05) is 91.0 Å². The third kappa shape index (κ3) is 9.78.